The van der Waals surface area contributed by atoms with Crippen molar-refractivity contribution in [2.75, 3.05) is 23.7 Å². The monoisotopic (exact) mass is 406 g/mol. The number of benzene rings is 2. The van der Waals surface area contributed by atoms with Gasteiger partial charge < -0.3 is 15.1 Å². The molecule has 0 atom stereocenters. The average Bonchev–Trinajstić information content (AvgIpc) is 3.23. The van der Waals surface area contributed by atoms with Gasteiger partial charge in [-0.2, -0.15) is 0 Å². The van der Waals surface area contributed by atoms with E-state index in [1.807, 2.05) is 36.4 Å². The van der Waals surface area contributed by atoms with Crippen LogP contribution in [0.3, 0.4) is 0 Å². The van der Waals surface area contributed by atoms with Crippen LogP contribution < -0.4 is 10.6 Å². The Morgan fingerprint density at radius 3 is 2.48 bits per heavy atom. The molecule has 0 fully saturated rings. The van der Waals surface area contributed by atoms with Gasteiger partial charge in [-0.3, -0.25) is 0 Å². The van der Waals surface area contributed by atoms with E-state index in [-0.39, 0.29) is 0 Å². The van der Waals surface area contributed by atoms with Crippen molar-refractivity contribution in [3.63, 3.8) is 0 Å². The lowest BCUT2D eigenvalue weighted by atomic mass is 10.2. The molecular weight excluding hydrogens is 384 g/mol. The van der Waals surface area contributed by atoms with Crippen molar-refractivity contribution >= 4 is 34.2 Å². The van der Waals surface area contributed by atoms with E-state index < -0.39 is 0 Å². The highest BCUT2D eigenvalue weighted by atomic mass is 32.2. The van der Waals surface area contributed by atoms with Crippen LogP contribution in [0.4, 0.5) is 11.5 Å². The standard InChI is InChI=1S/C21H22N6OS/c1-3-27(4-2)15-11-9-14(10-12-15)20-25-26-21(28-20)29-13-18-23-17-8-6-5-7-16(17)19(22)24-18/h5-12H,3-4,13H2,1-2H3,(H2,22,23,24). The van der Waals surface area contributed by atoms with Gasteiger partial charge >= 0.3 is 0 Å². The predicted molar refractivity (Wildman–Crippen MR) is 117 cm³/mol. The molecule has 2 heterocycles. The lowest BCUT2D eigenvalue weighted by Crippen LogP contribution is -2.21. The summed E-state index contributed by atoms with van der Waals surface area (Å²) in [6.07, 6.45) is 0. The Morgan fingerprint density at radius 1 is 0.966 bits per heavy atom. The van der Waals surface area contributed by atoms with Gasteiger partial charge in [-0.1, -0.05) is 23.9 Å². The van der Waals surface area contributed by atoms with E-state index in [4.69, 9.17) is 10.2 Å². The molecule has 0 aliphatic carbocycles. The van der Waals surface area contributed by atoms with E-state index in [0.717, 1.165) is 29.6 Å². The second-order valence-corrected chi connectivity index (χ2v) is 7.35. The first-order chi connectivity index (χ1) is 14.2. The lowest BCUT2D eigenvalue weighted by molar-refractivity contribution is 0.465. The molecule has 0 aliphatic heterocycles. The summed E-state index contributed by atoms with van der Waals surface area (Å²) in [4.78, 5) is 11.2. The quantitative estimate of drug-likeness (QED) is 0.451. The van der Waals surface area contributed by atoms with Crippen LogP contribution in [0.5, 0.6) is 0 Å². The van der Waals surface area contributed by atoms with Crippen molar-refractivity contribution in [3.05, 3.63) is 54.4 Å². The highest BCUT2D eigenvalue weighted by Gasteiger charge is 2.12. The fourth-order valence-corrected chi connectivity index (χ4v) is 3.75. The van der Waals surface area contributed by atoms with E-state index in [1.54, 1.807) is 0 Å². The Hall–Kier alpha value is -3.13. The van der Waals surface area contributed by atoms with E-state index in [9.17, 15) is 0 Å². The maximum absolute atomic E-state index is 6.04. The molecule has 0 unspecified atom stereocenters. The molecule has 7 nitrogen and oxygen atoms in total. The summed E-state index contributed by atoms with van der Waals surface area (Å²) in [5, 5.41) is 9.63. The molecular formula is C21H22N6OS. The van der Waals surface area contributed by atoms with Gasteiger partial charge in [-0.05, 0) is 50.2 Å². The minimum Gasteiger partial charge on any atom is -0.411 e. The molecule has 0 aliphatic rings. The third-order valence-corrected chi connectivity index (χ3v) is 5.47. The van der Waals surface area contributed by atoms with Crippen LogP contribution in [0.2, 0.25) is 0 Å². The maximum Gasteiger partial charge on any atom is 0.277 e. The summed E-state index contributed by atoms with van der Waals surface area (Å²) in [5.41, 5.74) is 8.95. The number of nitrogen functional groups attached to an aromatic ring is 1. The molecule has 29 heavy (non-hydrogen) atoms. The van der Waals surface area contributed by atoms with Crippen molar-refractivity contribution in [2.45, 2.75) is 24.8 Å². The molecule has 4 rings (SSSR count). The van der Waals surface area contributed by atoms with Crippen molar-refractivity contribution in [3.8, 4) is 11.5 Å². The highest BCUT2D eigenvalue weighted by Crippen LogP contribution is 2.27. The minimum absolute atomic E-state index is 0.475. The van der Waals surface area contributed by atoms with Crippen LogP contribution in [0.25, 0.3) is 22.4 Å². The van der Waals surface area contributed by atoms with Gasteiger partial charge in [-0.15, -0.1) is 10.2 Å². The van der Waals surface area contributed by atoms with Crippen LogP contribution in [0.15, 0.2) is 58.2 Å². The second kappa shape index (κ2) is 8.48. The van der Waals surface area contributed by atoms with Crippen LogP contribution in [-0.4, -0.2) is 33.3 Å². The van der Waals surface area contributed by atoms with E-state index >= 15 is 0 Å². The SMILES string of the molecule is CCN(CC)c1ccc(-c2nnc(SCc3nc(N)c4ccccc4n3)o2)cc1. The molecule has 4 aromatic rings. The largest absolute Gasteiger partial charge is 0.411 e. The number of para-hydroxylation sites is 1. The Labute approximate surface area is 173 Å². The second-order valence-electron chi connectivity index (χ2n) is 6.42. The number of anilines is 2. The molecule has 0 amide bonds. The fourth-order valence-electron chi connectivity index (χ4n) is 3.13. The number of rotatable bonds is 7. The molecule has 8 heteroatoms. The number of fused-ring (bicyclic) bond motifs is 1. The van der Waals surface area contributed by atoms with Gasteiger partial charge in [0.25, 0.3) is 5.22 Å². The average molecular weight is 407 g/mol. The number of thioether (sulfide) groups is 1. The van der Waals surface area contributed by atoms with Gasteiger partial charge in [0.1, 0.15) is 11.6 Å². The van der Waals surface area contributed by atoms with Gasteiger partial charge in [0.05, 0.1) is 11.3 Å². The fraction of sp³-hybridized carbons (Fsp3) is 0.238. The summed E-state index contributed by atoms with van der Waals surface area (Å²) in [6.45, 7) is 6.23. The number of nitrogens with two attached hydrogens (primary N) is 1. The van der Waals surface area contributed by atoms with Crippen LogP contribution >= 0.6 is 11.8 Å². The Morgan fingerprint density at radius 2 is 1.72 bits per heavy atom. The topological polar surface area (TPSA) is 94.0 Å². The summed E-state index contributed by atoms with van der Waals surface area (Å²) in [7, 11) is 0. The summed E-state index contributed by atoms with van der Waals surface area (Å²) < 4.78 is 5.80. The molecule has 0 bridgehead atoms. The van der Waals surface area contributed by atoms with Crippen LogP contribution in [-0.2, 0) is 5.75 Å². The molecule has 2 aromatic heterocycles. The van der Waals surface area contributed by atoms with Gasteiger partial charge in [0.15, 0.2) is 0 Å². The van der Waals surface area contributed by atoms with E-state index in [2.05, 4.69) is 51.0 Å². The van der Waals surface area contributed by atoms with Gasteiger partial charge in [0.2, 0.25) is 5.89 Å². The van der Waals surface area contributed by atoms with E-state index in [1.165, 1.54) is 17.4 Å². The number of hydrogen-bond acceptors (Lipinski definition) is 8. The number of nitrogens with zero attached hydrogens (tertiary/aromatic N) is 5. The Bertz CT molecular complexity index is 1110. The Balaban J connectivity index is 1.46. The van der Waals surface area contributed by atoms with Crippen LogP contribution in [0, 0.1) is 0 Å². The first-order valence-corrected chi connectivity index (χ1v) is 10.5. The zero-order chi connectivity index (χ0) is 20.2. The number of aromatic nitrogens is 4. The zero-order valence-corrected chi connectivity index (χ0v) is 17.2. The van der Waals surface area contributed by atoms with Crippen molar-refractivity contribution in [1.82, 2.24) is 20.2 Å². The molecule has 148 valence electrons. The summed E-state index contributed by atoms with van der Waals surface area (Å²) >= 11 is 1.39. The van der Waals surface area contributed by atoms with Crippen molar-refractivity contribution in [1.29, 1.82) is 0 Å². The van der Waals surface area contributed by atoms with Gasteiger partial charge in [0, 0.05) is 29.7 Å². The molecule has 2 aromatic carbocycles. The molecule has 2 N–H and O–H groups in total. The highest BCUT2D eigenvalue weighted by molar-refractivity contribution is 7.98. The minimum atomic E-state index is 0.475. The number of hydrogen-bond donors (Lipinski definition) is 1. The summed E-state index contributed by atoms with van der Waals surface area (Å²) in [5.74, 6) is 2.11. The molecule has 0 saturated carbocycles. The summed E-state index contributed by atoms with van der Waals surface area (Å²) in [6, 6.07) is 15.8. The molecule has 0 spiro atoms. The first kappa shape index (κ1) is 19.2. The Kier molecular flexibility index (Phi) is 5.62. The van der Waals surface area contributed by atoms with Gasteiger partial charge in [-0.25, -0.2) is 9.97 Å². The predicted octanol–water partition coefficient (Wildman–Crippen LogP) is 4.40. The third kappa shape index (κ3) is 4.17. The van der Waals surface area contributed by atoms with Crippen LogP contribution in [0.1, 0.15) is 19.7 Å². The first-order valence-electron chi connectivity index (χ1n) is 9.50. The van der Waals surface area contributed by atoms with E-state index in [0.29, 0.717) is 28.5 Å². The molecule has 0 radical (unpaired) electrons. The maximum atomic E-state index is 6.04. The lowest BCUT2D eigenvalue weighted by Gasteiger charge is -2.20. The smallest absolute Gasteiger partial charge is 0.277 e. The molecule has 0 saturated heterocycles. The third-order valence-electron chi connectivity index (χ3n) is 4.65. The van der Waals surface area contributed by atoms with Crippen molar-refractivity contribution < 1.29 is 4.42 Å². The normalized spacial score (nSPS) is 11.1. The van der Waals surface area contributed by atoms with Crippen molar-refractivity contribution in [2.24, 2.45) is 0 Å². The zero-order valence-electron chi connectivity index (χ0n) is 16.4.